The minimum Gasteiger partial charge on any atom is -0.497 e. The van der Waals surface area contributed by atoms with Crippen molar-refractivity contribution in [1.82, 2.24) is 14.5 Å². The van der Waals surface area contributed by atoms with Crippen molar-refractivity contribution in [3.05, 3.63) is 97.0 Å². The predicted molar refractivity (Wildman–Crippen MR) is 126 cm³/mol. The molecule has 0 bridgehead atoms. The van der Waals surface area contributed by atoms with Crippen LogP contribution < -0.4 is 10.1 Å². The van der Waals surface area contributed by atoms with Gasteiger partial charge in [-0.15, -0.1) is 0 Å². The maximum Gasteiger partial charge on any atom is 0.416 e. The van der Waals surface area contributed by atoms with Gasteiger partial charge in [0.15, 0.2) is 5.65 Å². The Balaban J connectivity index is 1.70. The highest BCUT2D eigenvalue weighted by Gasteiger charge is 2.30. The average molecular weight is 460 g/mol. The molecule has 2 heterocycles. The van der Waals surface area contributed by atoms with Crippen molar-refractivity contribution in [2.75, 3.05) is 12.4 Å². The number of rotatable bonds is 5. The van der Waals surface area contributed by atoms with E-state index in [1.54, 1.807) is 23.9 Å². The fourth-order valence-electron chi connectivity index (χ4n) is 3.83. The van der Waals surface area contributed by atoms with Gasteiger partial charge in [0.25, 0.3) is 0 Å². The first kappa shape index (κ1) is 21.5. The van der Waals surface area contributed by atoms with Crippen LogP contribution in [0.3, 0.4) is 0 Å². The summed E-state index contributed by atoms with van der Waals surface area (Å²) in [7, 11) is 1.60. The topological polar surface area (TPSA) is 52.0 Å². The maximum atomic E-state index is 13.4. The van der Waals surface area contributed by atoms with Crippen molar-refractivity contribution < 1.29 is 17.9 Å². The van der Waals surface area contributed by atoms with E-state index in [-0.39, 0.29) is 0 Å². The second-order valence-electron chi connectivity index (χ2n) is 7.60. The van der Waals surface area contributed by atoms with Gasteiger partial charge in [-0.25, -0.2) is 9.97 Å². The summed E-state index contributed by atoms with van der Waals surface area (Å²) in [5, 5.41) is 4.01. The summed E-state index contributed by atoms with van der Waals surface area (Å²) in [4.78, 5) is 8.88. The molecule has 0 fully saturated rings. The lowest BCUT2D eigenvalue weighted by atomic mass is 10.1. The van der Waals surface area contributed by atoms with Gasteiger partial charge >= 0.3 is 6.18 Å². The number of hydrogen-bond donors (Lipinski definition) is 1. The Morgan fingerprint density at radius 2 is 1.65 bits per heavy atom. The Morgan fingerprint density at radius 3 is 2.35 bits per heavy atom. The van der Waals surface area contributed by atoms with Gasteiger partial charge < -0.3 is 14.6 Å². The molecule has 0 aliphatic rings. The van der Waals surface area contributed by atoms with Gasteiger partial charge in [-0.2, -0.15) is 13.2 Å². The molecule has 5 nitrogen and oxygen atoms in total. The van der Waals surface area contributed by atoms with Gasteiger partial charge in [0.2, 0.25) is 0 Å². The fourth-order valence-corrected chi connectivity index (χ4v) is 3.83. The van der Waals surface area contributed by atoms with E-state index in [4.69, 9.17) is 4.74 Å². The third-order valence-electron chi connectivity index (χ3n) is 5.47. The molecule has 0 amide bonds. The molecule has 1 N–H and O–H groups in total. The number of ether oxygens (including phenoxy) is 1. The lowest BCUT2D eigenvalue weighted by molar-refractivity contribution is -0.137. The zero-order valence-corrected chi connectivity index (χ0v) is 18.0. The molecule has 0 radical (unpaired) electrons. The summed E-state index contributed by atoms with van der Waals surface area (Å²) in [5.74, 6) is 1.26. The van der Waals surface area contributed by atoms with E-state index in [1.807, 2.05) is 54.6 Å². The van der Waals surface area contributed by atoms with Crippen LogP contribution in [-0.4, -0.2) is 21.6 Å². The Morgan fingerprint density at radius 1 is 0.882 bits per heavy atom. The van der Waals surface area contributed by atoms with Crippen LogP contribution in [0.4, 0.5) is 24.7 Å². The summed E-state index contributed by atoms with van der Waals surface area (Å²) in [6.07, 6.45) is -1.26. The van der Waals surface area contributed by atoms with E-state index in [1.165, 1.54) is 12.4 Å². The predicted octanol–water partition coefficient (Wildman–Crippen LogP) is 6.86. The molecule has 0 saturated heterocycles. The highest BCUT2D eigenvalue weighted by atomic mass is 19.4. The highest BCUT2D eigenvalue weighted by Crippen LogP contribution is 2.37. The summed E-state index contributed by atoms with van der Waals surface area (Å²) < 4.78 is 47.0. The second kappa shape index (κ2) is 8.55. The Hall–Kier alpha value is -4.33. The van der Waals surface area contributed by atoms with Gasteiger partial charge in [0.1, 0.15) is 17.9 Å². The molecule has 0 aliphatic carbocycles. The van der Waals surface area contributed by atoms with Crippen LogP contribution in [-0.2, 0) is 6.18 Å². The smallest absolute Gasteiger partial charge is 0.416 e. The van der Waals surface area contributed by atoms with Crippen LogP contribution in [0.5, 0.6) is 5.75 Å². The highest BCUT2D eigenvalue weighted by molar-refractivity contribution is 6.03. The molecule has 0 aliphatic heterocycles. The van der Waals surface area contributed by atoms with Gasteiger partial charge in [-0.3, -0.25) is 0 Å². The Kier molecular flexibility index (Phi) is 5.41. The number of nitrogens with zero attached hydrogens (tertiary/aromatic N) is 3. The van der Waals surface area contributed by atoms with Crippen LogP contribution in [0.25, 0.3) is 27.8 Å². The summed E-state index contributed by atoms with van der Waals surface area (Å²) in [6, 6.07) is 22.2. The first-order valence-electron chi connectivity index (χ1n) is 10.4. The van der Waals surface area contributed by atoms with Crippen molar-refractivity contribution in [2.45, 2.75) is 6.18 Å². The van der Waals surface area contributed by atoms with Crippen LogP contribution in [0, 0.1) is 0 Å². The van der Waals surface area contributed by atoms with E-state index >= 15 is 0 Å². The quantitative estimate of drug-likeness (QED) is 0.311. The third kappa shape index (κ3) is 4.05. The van der Waals surface area contributed by atoms with Crippen molar-refractivity contribution >= 4 is 22.5 Å². The number of methoxy groups -OCH3 is 1. The lowest BCUT2D eigenvalue weighted by Crippen LogP contribution is -2.06. The number of halogens is 3. The van der Waals surface area contributed by atoms with Gasteiger partial charge in [-0.1, -0.05) is 36.4 Å². The first-order chi connectivity index (χ1) is 16.4. The number of aromatic nitrogens is 3. The van der Waals surface area contributed by atoms with Crippen LogP contribution >= 0.6 is 0 Å². The molecule has 5 rings (SSSR count). The molecule has 3 aromatic carbocycles. The van der Waals surface area contributed by atoms with E-state index in [2.05, 4.69) is 15.3 Å². The minimum absolute atomic E-state index is 0.358. The summed E-state index contributed by atoms with van der Waals surface area (Å²) >= 11 is 0. The molecule has 170 valence electrons. The average Bonchev–Trinajstić information content (AvgIpc) is 3.25. The first-order valence-corrected chi connectivity index (χ1v) is 10.4. The van der Waals surface area contributed by atoms with Crippen molar-refractivity contribution in [1.29, 1.82) is 0 Å². The number of fused-ring (bicyclic) bond motifs is 1. The van der Waals surface area contributed by atoms with Gasteiger partial charge in [-0.05, 0) is 48.0 Å². The molecular formula is C26H19F3N4O. The van der Waals surface area contributed by atoms with Gasteiger partial charge in [0.05, 0.1) is 18.1 Å². The number of nitrogens with one attached hydrogen (secondary N) is 1. The second-order valence-corrected chi connectivity index (χ2v) is 7.60. The largest absolute Gasteiger partial charge is 0.497 e. The van der Waals surface area contributed by atoms with Gasteiger partial charge in [0, 0.05) is 23.1 Å². The number of hydrogen-bond acceptors (Lipinski definition) is 4. The van der Waals surface area contributed by atoms with Crippen molar-refractivity contribution in [3.63, 3.8) is 0 Å². The van der Waals surface area contributed by atoms with Crippen molar-refractivity contribution in [2.24, 2.45) is 0 Å². The lowest BCUT2D eigenvalue weighted by Gasteiger charge is -2.11. The Labute approximate surface area is 193 Å². The zero-order valence-electron chi connectivity index (χ0n) is 18.0. The molecule has 2 aromatic heterocycles. The monoisotopic (exact) mass is 460 g/mol. The zero-order chi connectivity index (χ0) is 23.7. The molecule has 0 spiro atoms. The molecule has 8 heteroatoms. The van der Waals surface area contributed by atoms with E-state index in [9.17, 15) is 13.2 Å². The number of benzene rings is 3. The molecule has 34 heavy (non-hydrogen) atoms. The molecule has 0 saturated carbocycles. The van der Waals surface area contributed by atoms with Crippen LogP contribution in [0.1, 0.15) is 5.56 Å². The van der Waals surface area contributed by atoms with E-state index in [0.717, 1.165) is 34.7 Å². The number of anilines is 2. The van der Waals surface area contributed by atoms with E-state index < -0.39 is 11.7 Å². The van der Waals surface area contributed by atoms with Crippen LogP contribution in [0.2, 0.25) is 0 Å². The summed E-state index contributed by atoms with van der Waals surface area (Å²) in [6.45, 7) is 0. The SMILES string of the molecule is COc1ccc(Nc2ncnc3c2c(-c2ccccc2)cn3-c2cccc(C(F)(F)F)c2)cc1. The molecular weight excluding hydrogens is 441 g/mol. The van der Waals surface area contributed by atoms with Crippen LogP contribution in [0.15, 0.2) is 91.4 Å². The number of alkyl halides is 3. The molecule has 5 aromatic rings. The summed E-state index contributed by atoms with van der Waals surface area (Å²) in [5.41, 5.74) is 2.60. The normalized spacial score (nSPS) is 11.5. The third-order valence-corrected chi connectivity index (χ3v) is 5.47. The maximum absolute atomic E-state index is 13.4. The fraction of sp³-hybridized carbons (Fsp3) is 0.0769. The molecule has 0 unspecified atom stereocenters. The minimum atomic E-state index is -4.45. The van der Waals surface area contributed by atoms with Crippen molar-refractivity contribution in [3.8, 4) is 22.6 Å². The standard InChI is InChI=1S/C26H19F3N4O/c1-34-21-12-10-19(11-13-21)32-24-23-22(17-6-3-2-4-7-17)15-33(25(23)31-16-30-24)20-9-5-8-18(14-20)26(27,28)29/h2-16H,1H3,(H,30,31,32). The van der Waals surface area contributed by atoms with E-state index in [0.29, 0.717) is 22.5 Å². The molecule has 0 atom stereocenters. The Bertz CT molecular complexity index is 1450.